The van der Waals surface area contributed by atoms with E-state index in [2.05, 4.69) is 42.7 Å². The van der Waals surface area contributed by atoms with Gasteiger partial charge < -0.3 is 4.84 Å². The van der Waals surface area contributed by atoms with Gasteiger partial charge in [0.05, 0.1) is 0 Å². The Morgan fingerprint density at radius 2 is 2.10 bits per heavy atom. The molecule has 0 bridgehead atoms. The molecule has 0 spiro atoms. The average molecular weight is 280 g/mol. The molecule has 1 rings (SSSR count). The van der Waals surface area contributed by atoms with Crippen molar-refractivity contribution in [2.75, 3.05) is 19.7 Å². The molecule has 0 aliphatic carbocycles. The van der Waals surface area contributed by atoms with E-state index in [-0.39, 0.29) is 6.15 Å². The Hall–Kier alpha value is -1.63. The van der Waals surface area contributed by atoms with Crippen molar-refractivity contribution in [2.45, 2.75) is 46.6 Å². The van der Waals surface area contributed by atoms with Crippen molar-refractivity contribution in [1.82, 2.24) is 4.90 Å². The summed E-state index contributed by atoms with van der Waals surface area (Å²) in [6.45, 7) is 11.2. The number of likely N-dealkylation sites (tertiary alicyclic amines) is 1. The Morgan fingerprint density at radius 1 is 1.45 bits per heavy atom. The van der Waals surface area contributed by atoms with Crippen LogP contribution in [0.5, 0.6) is 0 Å². The molecule has 0 radical (unpaired) electrons. The molecular formula is C15H24N2O3. The second kappa shape index (κ2) is 11.2. The highest BCUT2D eigenvalue weighted by molar-refractivity contribution is 6.01. The number of oxime groups is 1. The van der Waals surface area contributed by atoms with Gasteiger partial charge in [-0.25, -0.2) is 0 Å². The molecule has 1 saturated heterocycles. The number of likely N-dealkylation sites (N-methyl/N-ethyl adjacent to an activating group) is 1. The van der Waals surface area contributed by atoms with Crippen molar-refractivity contribution in [3.8, 4) is 11.8 Å². The minimum Gasteiger partial charge on any atom is -0.393 e. The van der Waals surface area contributed by atoms with Crippen LogP contribution in [-0.4, -0.2) is 42.5 Å². The summed E-state index contributed by atoms with van der Waals surface area (Å²) in [4.78, 5) is 24.2. The van der Waals surface area contributed by atoms with Gasteiger partial charge in [-0.15, -0.1) is 0 Å². The van der Waals surface area contributed by atoms with Crippen LogP contribution in [0.2, 0.25) is 0 Å². The van der Waals surface area contributed by atoms with Crippen molar-refractivity contribution in [3.05, 3.63) is 0 Å². The molecule has 0 saturated carbocycles. The minimum atomic E-state index is 0.250. The fourth-order valence-electron chi connectivity index (χ4n) is 2.09. The summed E-state index contributed by atoms with van der Waals surface area (Å²) < 4.78 is 0. The van der Waals surface area contributed by atoms with Crippen molar-refractivity contribution >= 4 is 11.9 Å². The lowest BCUT2D eigenvalue weighted by atomic mass is 10.1. The van der Waals surface area contributed by atoms with Crippen LogP contribution >= 0.6 is 0 Å². The van der Waals surface area contributed by atoms with Crippen LogP contribution in [0.1, 0.15) is 40.5 Å². The van der Waals surface area contributed by atoms with Gasteiger partial charge in [-0.2, -0.15) is 9.59 Å². The molecule has 0 aromatic heterocycles. The van der Waals surface area contributed by atoms with Gasteiger partial charge in [-0.05, 0) is 38.8 Å². The lowest BCUT2D eigenvalue weighted by Crippen LogP contribution is -2.32. The second-order valence-electron chi connectivity index (χ2n) is 4.81. The predicted molar refractivity (Wildman–Crippen MR) is 77.0 cm³/mol. The monoisotopic (exact) mass is 280 g/mol. The van der Waals surface area contributed by atoms with Crippen LogP contribution in [0.15, 0.2) is 5.16 Å². The highest BCUT2D eigenvalue weighted by Crippen LogP contribution is 2.16. The molecule has 1 heterocycles. The fraction of sp³-hybridized carbons (Fsp3) is 0.733. The van der Waals surface area contributed by atoms with E-state index in [9.17, 15) is 0 Å². The number of carbonyl (C=O) groups excluding carboxylic acids is 2. The van der Waals surface area contributed by atoms with Crippen LogP contribution in [0.25, 0.3) is 0 Å². The van der Waals surface area contributed by atoms with Crippen LogP contribution < -0.4 is 0 Å². The van der Waals surface area contributed by atoms with E-state index in [4.69, 9.17) is 14.4 Å². The van der Waals surface area contributed by atoms with E-state index in [1.165, 1.54) is 19.4 Å². The highest BCUT2D eigenvalue weighted by Gasteiger charge is 2.23. The maximum absolute atomic E-state index is 8.12. The Kier molecular flexibility index (Phi) is 10.3. The summed E-state index contributed by atoms with van der Waals surface area (Å²) in [7, 11) is 0. The number of rotatable bonds is 5. The topological polar surface area (TPSA) is 59.0 Å². The van der Waals surface area contributed by atoms with Crippen LogP contribution in [0.4, 0.5) is 0 Å². The van der Waals surface area contributed by atoms with Gasteiger partial charge in [-0.1, -0.05) is 31.8 Å². The maximum atomic E-state index is 8.12. The third-order valence-electron chi connectivity index (χ3n) is 3.14. The van der Waals surface area contributed by atoms with Crippen LogP contribution in [0.3, 0.4) is 0 Å². The summed E-state index contributed by atoms with van der Waals surface area (Å²) in [5, 5.41) is 4.16. The van der Waals surface area contributed by atoms with Crippen LogP contribution in [0, 0.1) is 17.8 Å². The van der Waals surface area contributed by atoms with Gasteiger partial charge in [0, 0.05) is 12.0 Å². The first kappa shape index (κ1) is 18.4. The molecular weight excluding hydrogens is 256 g/mol. The second-order valence-corrected chi connectivity index (χ2v) is 4.81. The quantitative estimate of drug-likeness (QED) is 0.439. The van der Waals surface area contributed by atoms with Gasteiger partial charge >= 0.3 is 6.15 Å². The number of hydrogen-bond donors (Lipinski definition) is 0. The van der Waals surface area contributed by atoms with Gasteiger partial charge in [0.2, 0.25) is 0 Å². The Balaban J connectivity index is 0.00000110. The molecule has 0 aromatic rings. The lowest BCUT2D eigenvalue weighted by Gasteiger charge is -2.21. The van der Waals surface area contributed by atoms with E-state index in [1.807, 2.05) is 6.92 Å². The molecule has 0 N–H and O–H groups in total. The van der Waals surface area contributed by atoms with Gasteiger partial charge in [0.15, 0.2) is 0 Å². The Bertz CT molecular complexity index is 388. The summed E-state index contributed by atoms with van der Waals surface area (Å²) in [6.07, 6.45) is 2.75. The Labute approximate surface area is 121 Å². The molecule has 1 atom stereocenters. The predicted octanol–water partition coefficient (Wildman–Crippen LogP) is 1.94. The maximum Gasteiger partial charge on any atom is 0.373 e. The SMILES string of the molecule is CC#C/C(=N\OC[C@H]1CCCN1CC)C(C)C.O=C=O. The van der Waals surface area contributed by atoms with Crippen molar-refractivity contribution in [2.24, 2.45) is 11.1 Å². The van der Waals surface area contributed by atoms with E-state index < -0.39 is 0 Å². The van der Waals surface area contributed by atoms with Crippen LogP contribution in [-0.2, 0) is 14.4 Å². The Morgan fingerprint density at radius 3 is 2.60 bits per heavy atom. The lowest BCUT2D eigenvalue weighted by molar-refractivity contribution is -0.191. The largest absolute Gasteiger partial charge is 0.393 e. The highest BCUT2D eigenvalue weighted by atomic mass is 16.6. The van der Waals surface area contributed by atoms with Gasteiger partial charge in [0.1, 0.15) is 12.3 Å². The molecule has 1 aliphatic rings. The summed E-state index contributed by atoms with van der Waals surface area (Å²) in [5.41, 5.74) is 0.841. The molecule has 1 fully saturated rings. The van der Waals surface area contributed by atoms with E-state index in [1.54, 1.807) is 0 Å². The van der Waals surface area contributed by atoms with Crippen molar-refractivity contribution in [3.63, 3.8) is 0 Å². The summed E-state index contributed by atoms with van der Waals surface area (Å²) in [6, 6.07) is 0.534. The van der Waals surface area contributed by atoms with E-state index in [0.29, 0.717) is 18.6 Å². The summed E-state index contributed by atoms with van der Waals surface area (Å²) in [5.74, 6) is 6.20. The number of hydrogen-bond acceptors (Lipinski definition) is 5. The zero-order chi connectivity index (χ0) is 15.4. The molecule has 1 aliphatic heterocycles. The molecule has 5 heteroatoms. The van der Waals surface area contributed by atoms with Gasteiger partial charge in [0.25, 0.3) is 0 Å². The molecule has 0 unspecified atom stereocenters. The zero-order valence-corrected chi connectivity index (χ0v) is 12.8. The molecule has 0 amide bonds. The average Bonchev–Trinajstić information content (AvgIpc) is 2.86. The molecule has 0 aromatic carbocycles. The molecule has 5 nitrogen and oxygen atoms in total. The smallest absolute Gasteiger partial charge is 0.373 e. The van der Waals surface area contributed by atoms with Gasteiger partial charge in [-0.3, -0.25) is 4.90 Å². The minimum absolute atomic E-state index is 0.250. The number of nitrogens with zero attached hydrogens (tertiary/aromatic N) is 2. The third-order valence-corrected chi connectivity index (χ3v) is 3.14. The summed E-state index contributed by atoms with van der Waals surface area (Å²) >= 11 is 0. The molecule has 112 valence electrons. The first-order valence-corrected chi connectivity index (χ1v) is 6.96. The molecule has 20 heavy (non-hydrogen) atoms. The normalized spacial score (nSPS) is 18.6. The van der Waals surface area contributed by atoms with E-state index in [0.717, 1.165) is 12.3 Å². The fourth-order valence-corrected chi connectivity index (χ4v) is 2.09. The third kappa shape index (κ3) is 7.08. The zero-order valence-electron chi connectivity index (χ0n) is 12.8. The first-order chi connectivity index (χ1) is 9.60. The first-order valence-electron chi connectivity index (χ1n) is 6.96. The standard InChI is InChI=1S/C14H24N2O.CO2/c1-5-8-14(12(3)4)15-17-11-13-9-7-10-16(13)6-2;2-1-3/h12-13H,6-7,9-11H2,1-4H3;/b15-14+;/t13-;/m1./s1. The van der Waals surface area contributed by atoms with Crippen molar-refractivity contribution in [1.29, 1.82) is 0 Å². The van der Waals surface area contributed by atoms with Crippen molar-refractivity contribution < 1.29 is 14.4 Å². The van der Waals surface area contributed by atoms with E-state index >= 15 is 0 Å².